The summed E-state index contributed by atoms with van der Waals surface area (Å²) in [4.78, 5) is 16.4. The molecule has 4 nitrogen and oxygen atoms in total. The highest BCUT2D eigenvalue weighted by atomic mass is 35.5. The lowest BCUT2D eigenvalue weighted by Crippen LogP contribution is -2.50. The van der Waals surface area contributed by atoms with E-state index in [0.29, 0.717) is 11.1 Å². The third-order valence-corrected chi connectivity index (χ3v) is 4.67. The minimum absolute atomic E-state index is 0.153. The Hall–Kier alpha value is -1.33. The van der Waals surface area contributed by atoms with Gasteiger partial charge in [-0.1, -0.05) is 18.5 Å². The van der Waals surface area contributed by atoms with E-state index >= 15 is 0 Å². The van der Waals surface area contributed by atoms with Gasteiger partial charge in [0.15, 0.2) is 0 Å². The Morgan fingerprint density at radius 3 is 2.86 bits per heavy atom. The van der Waals surface area contributed by atoms with Crippen LogP contribution in [0.4, 0.5) is 14.9 Å². The SMILES string of the molecule is CCN1CC[C@H](N(C)C(=O)Nc2ccc(Cl)cc2F)C[C@@H]1C. The van der Waals surface area contributed by atoms with Gasteiger partial charge in [0.25, 0.3) is 0 Å². The lowest BCUT2D eigenvalue weighted by molar-refractivity contribution is 0.104. The lowest BCUT2D eigenvalue weighted by atomic mass is 9.97. The van der Waals surface area contributed by atoms with E-state index in [-0.39, 0.29) is 17.8 Å². The smallest absolute Gasteiger partial charge is 0.321 e. The number of likely N-dealkylation sites (tertiary alicyclic amines) is 1. The number of rotatable bonds is 3. The second-order valence-corrected chi connectivity index (χ2v) is 6.26. The zero-order chi connectivity index (χ0) is 16.3. The van der Waals surface area contributed by atoms with Gasteiger partial charge in [0.05, 0.1) is 5.69 Å². The predicted octanol–water partition coefficient (Wildman–Crippen LogP) is 3.82. The Labute approximate surface area is 136 Å². The molecule has 0 radical (unpaired) electrons. The van der Waals surface area contributed by atoms with Crippen molar-refractivity contribution in [1.29, 1.82) is 0 Å². The number of piperidine rings is 1. The summed E-state index contributed by atoms with van der Waals surface area (Å²) in [7, 11) is 1.77. The lowest BCUT2D eigenvalue weighted by Gasteiger charge is -2.40. The number of hydrogen-bond acceptors (Lipinski definition) is 2. The van der Waals surface area contributed by atoms with Crippen LogP contribution in [0, 0.1) is 5.82 Å². The fraction of sp³-hybridized carbons (Fsp3) is 0.562. The Kier molecular flexibility index (Phi) is 5.64. The Balaban J connectivity index is 1.97. The molecule has 1 N–H and O–H groups in total. The van der Waals surface area contributed by atoms with Crippen LogP contribution in [-0.2, 0) is 0 Å². The van der Waals surface area contributed by atoms with Crippen molar-refractivity contribution in [1.82, 2.24) is 9.80 Å². The molecule has 1 heterocycles. The van der Waals surface area contributed by atoms with Gasteiger partial charge in [-0.15, -0.1) is 0 Å². The average molecular weight is 328 g/mol. The van der Waals surface area contributed by atoms with Gasteiger partial charge in [-0.05, 0) is 44.5 Å². The molecule has 0 aliphatic carbocycles. The number of carbonyl (C=O) groups excluding carboxylic acids is 1. The number of halogens is 2. The maximum atomic E-state index is 13.8. The topological polar surface area (TPSA) is 35.6 Å². The quantitative estimate of drug-likeness (QED) is 0.916. The van der Waals surface area contributed by atoms with Crippen molar-refractivity contribution in [3.8, 4) is 0 Å². The number of nitrogens with one attached hydrogen (secondary N) is 1. The van der Waals surface area contributed by atoms with Crippen molar-refractivity contribution in [2.24, 2.45) is 0 Å². The van der Waals surface area contributed by atoms with E-state index in [2.05, 4.69) is 24.1 Å². The molecule has 0 unspecified atom stereocenters. The first-order valence-electron chi connectivity index (χ1n) is 7.65. The van der Waals surface area contributed by atoms with Gasteiger partial charge in [0.1, 0.15) is 5.82 Å². The second-order valence-electron chi connectivity index (χ2n) is 5.82. The maximum absolute atomic E-state index is 13.8. The standard InChI is InChI=1S/C16H23ClFN3O/c1-4-21-8-7-13(9-11(21)2)20(3)16(22)19-15-6-5-12(17)10-14(15)18/h5-6,10-11,13H,4,7-9H2,1-3H3,(H,19,22)/t11-,13-/m0/s1. The Morgan fingerprint density at radius 2 is 2.27 bits per heavy atom. The van der Waals surface area contributed by atoms with Crippen LogP contribution in [0.5, 0.6) is 0 Å². The van der Waals surface area contributed by atoms with Crippen molar-refractivity contribution in [3.05, 3.63) is 29.0 Å². The first kappa shape index (κ1) is 17.0. The maximum Gasteiger partial charge on any atom is 0.321 e. The molecule has 0 aromatic heterocycles. The van der Waals surface area contributed by atoms with Crippen LogP contribution in [0.25, 0.3) is 0 Å². The molecule has 0 saturated carbocycles. The minimum Gasteiger partial charge on any atom is -0.325 e. The molecular weight excluding hydrogens is 305 g/mol. The fourth-order valence-corrected chi connectivity index (χ4v) is 3.14. The summed E-state index contributed by atoms with van der Waals surface area (Å²) < 4.78 is 13.8. The van der Waals surface area contributed by atoms with Crippen molar-refractivity contribution in [2.75, 3.05) is 25.5 Å². The van der Waals surface area contributed by atoms with Crippen LogP contribution in [0.15, 0.2) is 18.2 Å². The second kappa shape index (κ2) is 7.29. The first-order valence-corrected chi connectivity index (χ1v) is 8.03. The summed E-state index contributed by atoms with van der Waals surface area (Å²) in [5.74, 6) is -0.525. The number of amides is 2. The molecule has 1 aliphatic rings. The molecule has 2 rings (SSSR count). The molecule has 122 valence electrons. The molecule has 1 aromatic rings. The summed E-state index contributed by atoms with van der Waals surface area (Å²) in [6.45, 7) is 6.34. The van der Waals surface area contributed by atoms with Crippen LogP contribution < -0.4 is 5.32 Å². The molecule has 2 amide bonds. The summed E-state index contributed by atoms with van der Waals surface area (Å²) in [5, 5.41) is 2.92. The molecule has 6 heteroatoms. The normalized spacial score (nSPS) is 22.4. The molecule has 22 heavy (non-hydrogen) atoms. The van der Waals surface area contributed by atoms with Gasteiger partial charge in [-0.2, -0.15) is 0 Å². The molecule has 1 saturated heterocycles. The van der Waals surface area contributed by atoms with Gasteiger partial charge in [-0.3, -0.25) is 0 Å². The van der Waals surface area contributed by atoms with Crippen molar-refractivity contribution < 1.29 is 9.18 Å². The number of carbonyl (C=O) groups is 1. The van der Waals surface area contributed by atoms with E-state index in [1.807, 2.05) is 0 Å². The summed E-state index contributed by atoms with van der Waals surface area (Å²) >= 11 is 5.71. The molecule has 1 fully saturated rings. The van der Waals surface area contributed by atoms with E-state index in [1.165, 1.54) is 12.1 Å². The zero-order valence-corrected chi connectivity index (χ0v) is 14.0. The molecule has 0 bridgehead atoms. The number of nitrogens with zero attached hydrogens (tertiary/aromatic N) is 2. The zero-order valence-electron chi connectivity index (χ0n) is 13.3. The van der Waals surface area contributed by atoms with Gasteiger partial charge < -0.3 is 15.1 Å². The van der Waals surface area contributed by atoms with Crippen LogP contribution in [0.2, 0.25) is 5.02 Å². The van der Waals surface area contributed by atoms with Gasteiger partial charge in [-0.25, -0.2) is 9.18 Å². The summed E-state index contributed by atoms with van der Waals surface area (Å²) in [6.07, 6.45) is 1.87. The molecule has 1 aromatic carbocycles. The van der Waals surface area contributed by atoms with Crippen molar-refractivity contribution in [3.63, 3.8) is 0 Å². The molecular formula is C16H23ClFN3O. The summed E-state index contributed by atoms with van der Waals surface area (Å²) in [5.41, 5.74) is 0.153. The molecule has 1 aliphatic heterocycles. The third kappa shape index (κ3) is 3.90. The highest BCUT2D eigenvalue weighted by Crippen LogP contribution is 2.23. The van der Waals surface area contributed by atoms with E-state index in [1.54, 1.807) is 18.0 Å². The monoisotopic (exact) mass is 327 g/mol. The van der Waals surface area contributed by atoms with Crippen LogP contribution >= 0.6 is 11.6 Å². The Morgan fingerprint density at radius 1 is 1.55 bits per heavy atom. The van der Waals surface area contributed by atoms with Crippen molar-refractivity contribution >= 4 is 23.3 Å². The highest BCUT2D eigenvalue weighted by Gasteiger charge is 2.29. The van der Waals surface area contributed by atoms with Crippen LogP contribution in [-0.4, -0.2) is 48.1 Å². The average Bonchev–Trinajstić information content (AvgIpc) is 2.49. The highest BCUT2D eigenvalue weighted by molar-refractivity contribution is 6.30. The Bertz CT molecular complexity index is 540. The van der Waals surface area contributed by atoms with E-state index in [4.69, 9.17) is 11.6 Å². The van der Waals surface area contributed by atoms with Crippen molar-refractivity contribution in [2.45, 2.75) is 38.8 Å². The van der Waals surface area contributed by atoms with Crippen LogP contribution in [0.3, 0.4) is 0 Å². The number of benzene rings is 1. The van der Waals surface area contributed by atoms with E-state index in [0.717, 1.165) is 25.9 Å². The van der Waals surface area contributed by atoms with E-state index in [9.17, 15) is 9.18 Å². The minimum atomic E-state index is -0.525. The predicted molar refractivity (Wildman–Crippen MR) is 87.9 cm³/mol. The summed E-state index contributed by atoms with van der Waals surface area (Å²) in [6, 6.07) is 4.56. The number of anilines is 1. The largest absolute Gasteiger partial charge is 0.325 e. The molecule has 2 atom stereocenters. The fourth-order valence-electron chi connectivity index (χ4n) is 2.98. The number of urea groups is 1. The van der Waals surface area contributed by atoms with Gasteiger partial charge in [0, 0.05) is 30.7 Å². The van der Waals surface area contributed by atoms with Gasteiger partial charge >= 0.3 is 6.03 Å². The van der Waals surface area contributed by atoms with E-state index < -0.39 is 5.82 Å². The number of hydrogen-bond donors (Lipinski definition) is 1. The third-order valence-electron chi connectivity index (χ3n) is 4.43. The first-order chi connectivity index (χ1) is 10.4. The van der Waals surface area contributed by atoms with Gasteiger partial charge in [0.2, 0.25) is 0 Å². The van der Waals surface area contributed by atoms with Crippen LogP contribution in [0.1, 0.15) is 26.7 Å². The molecule has 0 spiro atoms.